The van der Waals surface area contributed by atoms with E-state index in [2.05, 4.69) is 4.72 Å². The van der Waals surface area contributed by atoms with Gasteiger partial charge in [-0.1, -0.05) is 0 Å². The molecule has 3 nitrogen and oxygen atoms in total. The van der Waals surface area contributed by atoms with Crippen LogP contribution in [0.1, 0.15) is 19.3 Å². The Balaban J connectivity index is 1.97. The average molecular weight is 198 g/mol. The molecule has 1 aliphatic rings. The quantitative estimate of drug-likeness (QED) is 0.513. The van der Waals surface area contributed by atoms with Crippen molar-refractivity contribution < 1.29 is 8.76 Å². The van der Waals surface area contributed by atoms with Crippen LogP contribution in [0.5, 0.6) is 0 Å². The minimum absolute atomic E-state index is 0.186. The molecule has 0 radical (unpaired) electrons. The van der Waals surface area contributed by atoms with Crippen molar-refractivity contribution in [3.63, 3.8) is 0 Å². The molecule has 1 saturated carbocycles. The molecule has 1 rings (SSSR count). The fourth-order valence-corrected chi connectivity index (χ4v) is 1.63. The van der Waals surface area contributed by atoms with E-state index in [4.69, 9.17) is 16.2 Å². The van der Waals surface area contributed by atoms with E-state index < -0.39 is 11.3 Å². The van der Waals surface area contributed by atoms with Gasteiger partial charge in [-0.3, -0.25) is 4.55 Å². The highest BCUT2D eigenvalue weighted by molar-refractivity contribution is 7.77. The van der Waals surface area contributed by atoms with Crippen molar-refractivity contribution in [1.29, 1.82) is 0 Å². The van der Waals surface area contributed by atoms with Gasteiger partial charge >= 0.3 is 0 Å². The van der Waals surface area contributed by atoms with Crippen molar-refractivity contribution in [3.8, 4) is 0 Å². The minimum atomic E-state index is -1.88. The summed E-state index contributed by atoms with van der Waals surface area (Å²) in [5, 5.41) is 0.186. The van der Waals surface area contributed by atoms with E-state index in [1.54, 1.807) is 0 Å². The lowest BCUT2D eigenvalue weighted by molar-refractivity contribution is 0.543. The standard InChI is InChI=1S/C6H12ClNO2S/c7-6(5-1-2-5)3-4-8-11(9)10/h5-6,8H,1-4H2,(H,9,10). The zero-order valence-electron chi connectivity index (χ0n) is 6.12. The Labute approximate surface area is 73.9 Å². The smallest absolute Gasteiger partial charge is 0.231 e. The molecular formula is C6H12ClNO2S. The van der Waals surface area contributed by atoms with E-state index in [0.717, 1.165) is 6.42 Å². The highest BCUT2D eigenvalue weighted by Gasteiger charge is 2.28. The Morgan fingerprint density at radius 3 is 2.82 bits per heavy atom. The highest BCUT2D eigenvalue weighted by atomic mass is 35.5. The van der Waals surface area contributed by atoms with Gasteiger partial charge in [-0.2, -0.15) is 0 Å². The maximum Gasteiger partial charge on any atom is 0.231 e. The van der Waals surface area contributed by atoms with Gasteiger partial charge in [0.2, 0.25) is 11.3 Å². The summed E-state index contributed by atoms with van der Waals surface area (Å²) < 4.78 is 20.9. The van der Waals surface area contributed by atoms with Gasteiger partial charge in [-0.05, 0) is 25.2 Å². The second kappa shape index (κ2) is 4.40. The van der Waals surface area contributed by atoms with Crippen molar-refractivity contribution in [2.24, 2.45) is 5.92 Å². The van der Waals surface area contributed by atoms with Crippen LogP contribution < -0.4 is 4.72 Å². The lowest BCUT2D eigenvalue weighted by Gasteiger charge is -2.05. The van der Waals surface area contributed by atoms with Gasteiger partial charge in [0.25, 0.3) is 0 Å². The number of hydrogen-bond donors (Lipinski definition) is 2. The summed E-state index contributed by atoms with van der Waals surface area (Å²) in [5.74, 6) is 0.658. The molecule has 2 atom stereocenters. The Kier molecular flexibility index (Phi) is 3.78. The molecule has 0 heterocycles. The first-order valence-electron chi connectivity index (χ1n) is 3.68. The fraction of sp³-hybridized carbons (Fsp3) is 1.00. The third kappa shape index (κ3) is 4.06. The molecule has 0 saturated heterocycles. The molecule has 0 aromatic heterocycles. The molecular weight excluding hydrogens is 186 g/mol. The Morgan fingerprint density at radius 2 is 2.36 bits per heavy atom. The number of alkyl halides is 1. The number of halogens is 1. The molecule has 11 heavy (non-hydrogen) atoms. The van der Waals surface area contributed by atoms with Gasteiger partial charge < -0.3 is 0 Å². The zero-order chi connectivity index (χ0) is 8.27. The third-order valence-corrected chi connectivity index (χ3v) is 2.80. The van der Waals surface area contributed by atoms with E-state index in [1.807, 2.05) is 0 Å². The predicted molar refractivity (Wildman–Crippen MR) is 45.8 cm³/mol. The van der Waals surface area contributed by atoms with E-state index in [1.165, 1.54) is 12.8 Å². The predicted octanol–water partition coefficient (Wildman–Crippen LogP) is 1.12. The van der Waals surface area contributed by atoms with Crippen LogP contribution in [-0.2, 0) is 11.3 Å². The first-order valence-corrected chi connectivity index (χ1v) is 5.23. The molecule has 1 aliphatic carbocycles. The van der Waals surface area contributed by atoms with Gasteiger partial charge in [0.05, 0.1) is 0 Å². The van der Waals surface area contributed by atoms with Gasteiger partial charge in [0.1, 0.15) is 0 Å². The Hall–Kier alpha value is 0.360. The van der Waals surface area contributed by atoms with E-state index in [0.29, 0.717) is 12.5 Å². The van der Waals surface area contributed by atoms with Crippen LogP contribution in [0.15, 0.2) is 0 Å². The minimum Gasteiger partial charge on any atom is -0.294 e. The van der Waals surface area contributed by atoms with E-state index in [9.17, 15) is 4.21 Å². The third-order valence-electron chi connectivity index (χ3n) is 1.78. The summed E-state index contributed by atoms with van der Waals surface area (Å²) in [4.78, 5) is 0. The molecule has 1 fully saturated rings. The summed E-state index contributed by atoms with van der Waals surface area (Å²) in [6.45, 7) is 0.522. The van der Waals surface area contributed by atoms with Gasteiger partial charge in [0.15, 0.2) is 0 Å². The molecule has 0 bridgehead atoms. The second-order valence-corrected chi connectivity index (χ2v) is 4.13. The van der Waals surface area contributed by atoms with Crippen LogP contribution in [0.25, 0.3) is 0 Å². The molecule has 0 aromatic carbocycles. The lowest BCUT2D eigenvalue weighted by atomic mass is 10.2. The van der Waals surface area contributed by atoms with Crippen molar-refractivity contribution in [2.45, 2.75) is 24.6 Å². The number of nitrogens with one attached hydrogen (secondary N) is 1. The van der Waals surface area contributed by atoms with Gasteiger partial charge in [-0.25, -0.2) is 8.93 Å². The van der Waals surface area contributed by atoms with Crippen LogP contribution in [-0.4, -0.2) is 20.7 Å². The molecule has 2 unspecified atom stereocenters. The molecule has 66 valence electrons. The summed E-state index contributed by atoms with van der Waals surface area (Å²) in [7, 11) is 0. The largest absolute Gasteiger partial charge is 0.294 e. The molecule has 2 N–H and O–H groups in total. The van der Waals surface area contributed by atoms with Crippen LogP contribution in [0.4, 0.5) is 0 Å². The van der Waals surface area contributed by atoms with E-state index >= 15 is 0 Å². The fourth-order valence-electron chi connectivity index (χ4n) is 0.978. The monoisotopic (exact) mass is 197 g/mol. The maximum absolute atomic E-state index is 10.1. The van der Waals surface area contributed by atoms with E-state index in [-0.39, 0.29) is 5.38 Å². The summed E-state index contributed by atoms with van der Waals surface area (Å²) in [6.07, 6.45) is 3.21. The van der Waals surface area contributed by atoms with Crippen molar-refractivity contribution in [3.05, 3.63) is 0 Å². The SMILES string of the molecule is O=S(O)NCCC(Cl)C1CC1. The number of hydrogen-bond acceptors (Lipinski definition) is 1. The first-order chi connectivity index (χ1) is 5.20. The first kappa shape index (κ1) is 9.45. The topological polar surface area (TPSA) is 49.3 Å². The lowest BCUT2D eigenvalue weighted by Crippen LogP contribution is -2.20. The molecule has 5 heteroatoms. The Morgan fingerprint density at radius 1 is 1.73 bits per heavy atom. The van der Waals surface area contributed by atoms with Crippen LogP contribution in [0.3, 0.4) is 0 Å². The molecule has 0 aromatic rings. The normalized spacial score (nSPS) is 23.1. The molecule has 0 amide bonds. The van der Waals surface area contributed by atoms with Gasteiger partial charge in [0, 0.05) is 11.9 Å². The van der Waals surface area contributed by atoms with Crippen LogP contribution in [0, 0.1) is 5.92 Å². The zero-order valence-corrected chi connectivity index (χ0v) is 7.70. The molecule has 0 spiro atoms. The Bertz CT molecular complexity index is 152. The maximum atomic E-state index is 10.1. The summed E-state index contributed by atoms with van der Waals surface area (Å²) in [6, 6.07) is 0. The summed E-state index contributed by atoms with van der Waals surface area (Å²) in [5.41, 5.74) is 0. The number of rotatable bonds is 5. The average Bonchev–Trinajstić information content (AvgIpc) is 2.66. The van der Waals surface area contributed by atoms with Crippen molar-refractivity contribution >= 4 is 22.9 Å². The van der Waals surface area contributed by atoms with Crippen molar-refractivity contribution in [2.75, 3.05) is 6.54 Å². The van der Waals surface area contributed by atoms with Crippen LogP contribution >= 0.6 is 11.6 Å². The van der Waals surface area contributed by atoms with Gasteiger partial charge in [-0.15, -0.1) is 11.6 Å². The molecule has 0 aliphatic heterocycles. The van der Waals surface area contributed by atoms with Crippen molar-refractivity contribution in [1.82, 2.24) is 4.72 Å². The van der Waals surface area contributed by atoms with Crippen LogP contribution in [0.2, 0.25) is 0 Å². The summed E-state index contributed by atoms with van der Waals surface area (Å²) >= 11 is 4.06. The highest BCUT2D eigenvalue weighted by Crippen LogP contribution is 2.36. The second-order valence-electron chi connectivity index (χ2n) is 2.79.